The van der Waals surface area contributed by atoms with Crippen LogP contribution < -0.4 is 5.32 Å². The summed E-state index contributed by atoms with van der Waals surface area (Å²) in [6.07, 6.45) is 1.15. The van der Waals surface area contributed by atoms with E-state index in [9.17, 15) is 4.39 Å². The number of nitrogens with one attached hydrogen (secondary N) is 1. The van der Waals surface area contributed by atoms with Crippen LogP contribution in [0.25, 0.3) is 0 Å². The van der Waals surface area contributed by atoms with Crippen molar-refractivity contribution in [1.82, 2.24) is 0 Å². The largest absolute Gasteiger partial charge is 0.379 e. The molecule has 0 aliphatic rings. The fourth-order valence-electron chi connectivity index (χ4n) is 2.00. The van der Waals surface area contributed by atoms with Crippen LogP contribution in [0.2, 0.25) is 0 Å². The second-order valence-corrected chi connectivity index (χ2v) is 4.88. The van der Waals surface area contributed by atoms with Gasteiger partial charge >= 0.3 is 0 Å². The van der Waals surface area contributed by atoms with Crippen LogP contribution in [0, 0.1) is 5.82 Å². The van der Waals surface area contributed by atoms with Crippen LogP contribution in [-0.4, -0.2) is 0 Å². The summed E-state index contributed by atoms with van der Waals surface area (Å²) in [5.74, 6) is 0.382. The van der Waals surface area contributed by atoms with Crippen molar-refractivity contribution in [2.45, 2.75) is 32.7 Å². The summed E-state index contributed by atoms with van der Waals surface area (Å²) in [5.41, 5.74) is 3.07. The maximum absolute atomic E-state index is 13.4. The third kappa shape index (κ3) is 3.57. The van der Waals surface area contributed by atoms with Gasteiger partial charge in [0, 0.05) is 6.54 Å². The Bertz CT molecular complexity index is 519. The first-order valence-corrected chi connectivity index (χ1v) is 6.78. The van der Waals surface area contributed by atoms with E-state index in [1.54, 1.807) is 12.1 Å². The number of rotatable bonds is 5. The molecule has 2 aromatic rings. The van der Waals surface area contributed by atoms with Gasteiger partial charge in [-0.15, -0.1) is 0 Å². The minimum absolute atomic E-state index is 0.210. The molecule has 0 aromatic heterocycles. The molecule has 0 aliphatic carbocycles. The normalized spacial score (nSPS) is 12.2. The van der Waals surface area contributed by atoms with Crippen molar-refractivity contribution in [2.24, 2.45) is 0 Å². The zero-order chi connectivity index (χ0) is 13.7. The van der Waals surface area contributed by atoms with Crippen LogP contribution in [0.5, 0.6) is 0 Å². The van der Waals surface area contributed by atoms with Crippen LogP contribution in [0.4, 0.5) is 10.1 Å². The molecule has 2 rings (SSSR count). The maximum Gasteiger partial charge on any atom is 0.146 e. The maximum atomic E-state index is 13.4. The summed E-state index contributed by atoms with van der Waals surface area (Å²) in [5, 5.41) is 3.12. The Labute approximate surface area is 114 Å². The zero-order valence-electron chi connectivity index (χ0n) is 11.5. The van der Waals surface area contributed by atoms with Crippen molar-refractivity contribution >= 4 is 5.69 Å². The molecule has 1 nitrogen and oxygen atoms in total. The summed E-state index contributed by atoms with van der Waals surface area (Å²) >= 11 is 0. The van der Waals surface area contributed by atoms with Crippen molar-refractivity contribution in [3.63, 3.8) is 0 Å². The van der Waals surface area contributed by atoms with Crippen LogP contribution in [-0.2, 0) is 6.54 Å². The Morgan fingerprint density at radius 2 is 1.74 bits per heavy atom. The number of benzene rings is 2. The molecule has 0 amide bonds. The Morgan fingerprint density at radius 3 is 2.37 bits per heavy atom. The van der Waals surface area contributed by atoms with Crippen LogP contribution in [0.15, 0.2) is 48.5 Å². The number of hydrogen-bond acceptors (Lipinski definition) is 1. The summed E-state index contributed by atoms with van der Waals surface area (Å²) in [7, 11) is 0. The number of halogens is 1. The zero-order valence-corrected chi connectivity index (χ0v) is 11.5. The first-order valence-electron chi connectivity index (χ1n) is 6.78. The molecule has 100 valence electrons. The summed E-state index contributed by atoms with van der Waals surface area (Å²) in [6.45, 7) is 5.06. The highest BCUT2D eigenvalue weighted by atomic mass is 19.1. The van der Waals surface area contributed by atoms with Gasteiger partial charge in [-0.25, -0.2) is 4.39 Å². The van der Waals surface area contributed by atoms with Crippen LogP contribution in [0.1, 0.15) is 37.3 Å². The molecule has 0 saturated heterocycles. The van der Waals surface area contributed by atoms with Gasteiger partial charge in [0.15, 0.2) is 0 Å². The van der Waals surface area contributed by atoms with Gasteiger partial charge in [-0.2, -0.15) is 0 Å². The van der Waals surface area contributed by atoms with Gasteiger partial charge < -0.3 is 5.32 Å². The molecule has 0 aliphatic heterocycles. The van der Waals surface area contributed by atoms with Gasteiger partial charge in [0.2, 0.25) is 0 Å². The molecular weight excluding hydrogens is 237 g/mol. The monoisotopic (exact) mass is 257 g/mol. The van der Waals surface area contributed by atoms with E-state index >= 15 is 0 Å². The predicted molar refractivity (Wildman–Crippen MR) is 78.9 cm³/mol. The van der Waals surface area contributed by atoms with E-state index in [4.69, 9.17) is 0 Å². The average Bonchev–Trinajstić information content (AvgIpc) is 2.46. The molecule has 2 aromatic carbocycles. The Kier molecular flexibility index (Phi) is 4.56. The fraction of sp³-hybridized carbons (Fsp3) is 0.294. The minimum Gasteiger partial charge on any atom is -0.379 e. The van der Waals surface area contributed by atoms with Crippen molar-refractivity contribution < 1.29 is 4.39 Å². The van der Waals surface area contributed by atoms with Gasteiger partial charge in [-0.1, -0.05) is 50.2 Å². The molecule has 0 heterocycles. The molecule has 0 radical (unpaired) electrons. The number of anilines is 1. The average molecular weight is 257 g/mol. The van der Waals surface area contributed by atoms with E-state index in [1.165, 1.54) is 11.6 Å². The quantitative estimate of drug-likeness (QED) is 0.799. The van der Waals surface area contributed by atoms with E-state index in [2.05, 4.69) is 43.4 Å². The third-order valence-corrected chi connectivity index (χ3v) is 3.52. The molecular formula is C17H20FN. The Morgan fingerprint density at radius 1 is 1.05 bits per heavy atom. The second kappa shape index (κ2) is 6.37. The van der Waals surface area contributed by atoms with E-state index < -0.39 is 0 Å². The van der Waals surface area contributed by atoms with Crippen molar-refractivity contribution in [2.75, 3.05) is 5.32 Å². The second-order valence-electron chi connectivity index (χ2n) is 4.88. The van der Waals surface area contributed by atoms with Crippen LogP contribution in [0.3, 0.4) is 0 Å². The first kappa shape index (κ1) is 13.6. The lowest BCUT2D eigenvalue weighted by atomic mass is 9.98. The lowest BCUT2D eigenvalue weighted by molar-refractivity contribution is 0.630. The summed E-state index contributed by atoms with van der Waals surface area (Å²) < 4.78 is 13.4. The van der Waals surface area contributed by atoms with Gasteiger partial charge in [-0.3, -0.25) is 0 Å². The van der Waals surface area contributed by atoms with E-state index in [1.807, 2.05) is 6.07 Å². The topological polar surface area (TPSA) is 12.0 Å². The molecule has 0 spiro atoms. The predicted octanol–water partition coefficient (Wildman–Crippen LogP) is 4.95. The molecule has 0 fully saturated rings. The molecule has 1 unspecified atom stereocenters. The summed E-state index contributed by atoms with van der Waals surface area (Å²) in [6, 6.07) is 15.3. The number of para-hydroxylation sites is 1. The highest BCUT2D eigenvalue weighted by molar-refractivity contribution is 5.45. The van der Waals surface area contributed by atoms with Crippen molar-refractivity contribution in [3.8, 4) is 0 Å². The van der Waals surface area contributed by atoms with Gasteiger partial charge in [0.25, 0.3) is 0 Å². The standard InChI is InChI=1S/C17H20FN/c1-3-13(2)15-10-8-14(9-11-15)12-19-17-7-5-4-6-16(17)18/h4-11,13,19H,3,12H2,1-2H3. The molecule has 2 heteroatoms. The van der Waals surface area contributed by atoms with Gasteiger partial charge in [0.1, 0.15) is 5.82 Å². The fourth-order valence-corrected chi connectivity index (χ4v) is 2.00. The van der Waals surface area contributed by atoms with Crippen LogP contribution >= 0.6 is 0 Å². The lowest BCUT2D eigenvalue weighted by Crippen LogP contribution is -2.01. The lowest BCUT2D eigenvalue weighted by Gasteiger charge is -2.11. The van der Waals surface area contributed by atoms with E-state index in [0.29, 0.717) is 18.2 Å². The molecule has 0 bridgehead atoms. The molecule has 1 N–H and O–H groups in total. The van der Waals surface area contributed by atoms with Gasteiger partial charge in [0.05, 0.1) is 5.69 Å². The smallest absolute Gasteiger partial charge is 0.146 e. The third-order valence-electron chi connectivity index (χ3n) is 3.52. The molecule has 19 heavy (non-hydrogen) atoms. The van der Waals surface area contributed by atoms with E-state index in [-0.39, 0.29) is 5.82 Å². The summed E-state index contributed by atoms with van der Waals surface area (Å²) in [4.78, 5) is 0. The highest BCUT2D eigenvalue weighted by Gasteiger charge is 2.03. The van der Waals surface area contributed by atoms with E-state index in [0.717, 1.165) is 12.0 Å². The van der Waals surface area contributed by atoms with Crippen molar-refractivity contribution in [1.29, 1.82) is 0 Å². The Hall–Kier alpha value is -1.83. The molecule has 0 saturated carbocycles. The highest BCUT2D eigenvalue weighted by Crippen LogP contribution is 2.19. The minimum atomic E-state index is -0.210. The van der Waals surface area contributed by atoms with Crippen molar-refractivity contribution in [3.05, 3.63) is 65.5 Å². The SMILES string of the molecule is CCC(C)c1ccc(CNc2ccccc2F)cc1. The number of hydrogen-bond donors (Lipinski definition) is 1. The van der Waals surface area contributed by atoms with Gasteiger partial charge in [-0.05, 0) is 35.6 Å². The Balaban J connectivity index is 1.99. The molecule has 1 atom stereocenters. The first-order chi connectivity index (χ1) is 9.20.